The Bertz CT molecular complexity index is 494. The minimum absolute atomic E-state index is 0.272. The van der Waals surface area contributed by atoms with Gasteiger partial charge in [0, 0.05) is 45.5 Å². The molecule has 0 amide bonds. The minimum atomic E-state index is 0.272. The fourth-order valence-electron chi connectivity index (χ4n) is 3.41. The number of rotatable bonds is 3. The first-order chi connectivity index (χ1) is 10.1. The molecule has 0 aromatic heterocycles. The normalized spacial score (nSPS) is 22.1. The molecule has 4 heteroatoms. The lowest BCUT2D eigenvalue weighted by Crippen LogP contribution is -2.28. The summed E-state index contributed by atoms with van der Waals surface area (Å²) in [4.78, 5) is 4.39. The van der Waals surface area contributed by atoms with E-state index in [1.54, 1.807) is 0 Å². The topological polar surface area (TPSA) is 54.1 Å². The molecule has 1 saturated carbocycles. The molecule has 4 nitrogen and oxygen atoms in total. The number of nitriles is 2. The first-order valence-corrected chi connectivity index (χ1v) is 7.77. The van der Waals surface area contributed by atoms with Gasteiger partial charge in [-0.15, -0.1) is 0 Å². The van der Waals surface area contributed by atoms with Crippen molar-refractivity contribution in [3.05, 3.63) is 22.9 Å². The summed E-state index contributed by atoms with van der Waals surface area (Å²) < 4.78 is 0. The molecule has 21 heavy (non-hydrogen) atoms. The Balaban J connectivity index is 2.13. The van der Waals surface area contributed by atoms with Crippen LogP contribution in [0.15, 0.2) is 22.9 Å². The lowest BCUT2D eigenvalue weighted by atomic mass is 9.89. The molecule has 0 atom stereocenters. The standard InChI is InChI=1S/C17H24N4/c1-20(2)11-16-12-21(10-14-6-4-3-5-7-14)13-17(16)15(8-18)9-19/h11,14H,3-7,10,12-13H2,1-2H3. The van der Waals surface area contributed by atoms with E-state index in [0.717, 1.165) is 36.7 Å². The summed E-state index contributed by atoms with van der Waals surface area (Å²) in [5.41, 5.74) is 2.31. The summed E-state index contributed by atoms with van der Waals surface area (Å²) in [6.45, 7) is 2.70. The Morgan fingerprint density at radius 3 is 2.43 bits per heavy atom. The van der Waals surface area contributed by atoms with Crippen molar-refractivity contribution in [1.29, 1.82) is 10.5 Å². The summed E-state index contributed by atoms with van der Waals surface area (Å²) in [6.07, 6.45) is 8.77. The van der Waals surface area contributed by atoms with Crippen LogP contribution >= 0.6 is 0 Å². The predicted molar refractivity (Wildman–Crippen MR) is 83.0 cm³/mol. The summed E-state index contributed by atoms with van der Waals surface area (Å²) >= 11 is 0. The van der Waals surface area contributed by atoms with Gasteiger partial charge in [-0.25, -0.2) is 0 Å². The zero-order valence-corrected chi connectivity index (χ0v) is 13.1. The van der Waals surface area contributed by atoms with Crippen LogP contribution in [0.25, 0.3) is 0 Å². The minimum Gasteiger partial charge on any atom is -0.383 e. The van der Waals surface area contributed by atoms with E-state index in [1.807, 2.05) is 25.2 Å². The molecule has 0 bridgehead atoms. The highest BCUT2D eigenvalue weighted by atomic mass is 15.2. The van der Waals surface area contributed by atoms with E-state index in [2.05, 4.69) is 17.0 Å². The maximum atomic E-state index is 9.16. The highest BCUT2D eigenvalue weighted by molar-refractivity contribution is 5.52. The highest BCUT2D eigenvalue weighted by Crippen LogP contribution is 2.29. The molecule has 0 aromatic rings. The molecular formula is C17H24N4. The average Bonchev–Trinajstić information content (AvgIpc) is 2.83. The fourth-order valence-corrected chi connectivity index (χ4v) is 3.41. The van der Waals surface area contributed by atoms with Crippen molar-refractivity contribution in [3.63, 3.8) is 0 Å². The predicted octanol–water partition coefficient (Wildman–Crippen LogP) is 2.67. The highest BCUT2D eigenvalue weighted by Gasteiger charge is 2.27. The molecule has 0 spiro atoms. The Kier molecular flexibility index (Phi) is 5.42. The van der Waals surface area contributed by atoms with Gasteiger partial charge in [-0.3, -0.25) is 4.90 Å². The van der Waals surface area contributed by atoms with Crippen molar-refractivity contribution in [2.75, 3.05) is 33.7 Å². The monoisotopic (exact) mass is 284 g/mol. The van der Waals surface area contributed by atoms with E-state index >= 15 is 0 Å². The Labute approximate surface area is 127 Å². The smallest absolute Gasteiger partial charge is 0.134 e. The van der Waals surface area contributed by atoms with Gasteiger partial charge in [0.2, 0.25) is 0 Å². The second-order valence-electron chi connectivity index (χ2n) is 6.37. The molecular weight excluding hydrogens is 260 g/mol. The molecule has 0 N–H and O–H groups in total. The van der Waals surface area contributed by atoms with E-state index in [9.17, 15) is 0 Å². The first kappa shape index (κ1) is 15.6. The molecule has 1 saturated heterocycles. The summed E-state index contributed by atoms with van der Waals surface area (Å²) in [7, 11) is 3.96. The van der Waals surface area contributed by atoms with Gasteiger partial charge in [0.05, 0.1) is 0 Å². The molecule has 1 aliphatic carbocycles. The van der Waals surface area contributed by atoms with Gasteiger partial charge in [-0.1, -0.05) is 19.3 Å². The fraction of sp³-hybridized carbons (Fsp3) is 0.647. The second kappa shape index (κ2) is 7.29. The maximum absolute atomic E-state index is 9.16. The van der Waals surface area contributed by atoms with Crippen molar-refractivity contribution < 1.29 is 0 Å². The molecule has 2 fully saturated rings. The second-order valence-corrected chi connectivity index (χ2v) is 6.37. The van der Waals surface area contributed by atoms with Crippen molar-refractivity contribution in [2.45, 2.75) is 32.1 Å². The van der Waals surface area contributed by atoms with E-state index in [-0.39, 0.29) is 5.57 Å². The van der Waals surface area contributed by atoms with Crippen LogP contribution in [-0.2, 0) is 0 Å². The third-order valence-corrected chi connectivity index (χ3v) is 4.34. The molecule has 2 rings (SSSR count). The molecule has 2 aliphatic rings. The number of hydrogen-bond acceptors (Lipinski definition) is 4. The van der Waals surface area contributed by atoms with Crippen LogP contribution in [0.4, 0.5) is 0 Å². The van der Waals surface area contributed by atoms with Gasteiger partial charge in [-0.2, -0.15) is 10.5 Å². The zero-order valence-electron chi connectivity index (χ0n) is 13.1. The van der Waals surface area contributed by atoms with E-state index in [4.69, 9.17) is 10.5 Å². The third kappa shape index (κ3) is 4.09. The van der Waals surface area contributed by atoms with Crippen molar-refractivity contribution >= 4 is 0 Å². The van der Waals surface area contributed by atoms with Crippen molar-refractivity contribution in [3.8, 4) is 12.1 Å². The third-order valence-electron chi connectivity index (χ3n) is 4.34. The molecule has 0 unspecified atom stereocenters. The quantitative estimate of drug-likeness (QED) is 0.748. The van der Waals surface area contributed by atoms with Crippen LogP contribution in [-0.4, -0.2) is 43.5 Å². The molecule has 1 heterocycles. The van der Waals surface area contributed by atoms with Crippen molar-refractivity contribution in [1.82, 2.24) is 9.80 Å². The van der Waals surface area contributed by atoms with Crippen LogP contribution in [0.2, 0.25) is 0 Å². The molecule has 0 radical (unpaired) electrons. The molecule has 1 aliphatic heterocycles. The van der Waals surface area contributed by atoms with Crippen LogP contribution in [0.3, 0.4) is 0 Å². The van der Waals surface area contributed by atoms with E-state index in [1.165, 1.54) is 32.1 Å². The summed E-state index contributed by atoms with van der Waals surface area (Å²) in [5.74, 6) is 0.784. The van der Waals surface area contributed by atoms with Crippen LogP contribution in [0.1, 0.15) is 32.1 Å². The SMILES string of the molecule is CN(C)C=C1CN(CC2CCCCC2)CC1=C(C#N)C#N. The maximum Gasteiger partial charge on any atom is 0.134 e. The van der Waals surface area contributed by atoms with Gasteiger partial charge in [0.25, 0.3) is 0 Å². The summed E-state index contributed by atoms with van der Waals surface area (Å²) in [5, 5.41) is 18.3. The van der Waals surface area contributed by atoms with Crippen molar-refractivity contribution in [2.24, 2.45) is 5.92 Å². The molecule has 0 aromatic carbocycles. The largest absolute Gasteiger partial charge is 0.383 e. The average molecular weight is 284 g/mol. The van der Waals surface area contributed by atoms with Crippen LogP contribution < -0.4 is 0 Å². The van der Waals surface area contributed by atoms with Gasteiger partial charge < -0.3 is 4.90 Å². The zero-order chi connectivity index (χ0) is 15.2. The van der Waals surface area contributed by atoms with Gasteiger partial charge >= 0.3 is 0 Å². The Hall–Kier alpha value is -1.78. The lowest BCUT2D eigenvalue weighted by molar-refractivity contribution is 0.241. The number of hydrogen-bond donors (Lipinski definition) is 0. The number of allylic oxidation sites excluding steroid dienone is 1. The van der Waals surface area contributed by atoms with Crippen LogP contribution in [0.5, 0.6) is 0 Å². The Morgan fingerprint density at radius 2 is 1.86 bits per heavy atom. The number of likely N-dealkylation sites (tertiary alicyclic amines) is 1. The number of nitrogens with zero attached hydrogens (tertiary/aromatic N) is 4. The van der Waals surface area contributed by atoms with Gasteiger partial charge in [0.15, 0.2) is 0 Å². The van der Waals surface area contributed by atoms with E-state index < -0.39 is 0 Å². The Morgan fingerprint density at radius 1 is 1.19 bits per heavy atom. The van der Waals surface area contributed by atoms with Gasteiger partial charge in [-0.05, 0) is 24.3 Å². The first-order valence-electron chi connectivity index (χ1n) is 7.77. The molecule has 112 valence electrons. The lowest BCUT2D eigenvalue weighted by Gasteiger charge is -2.26. The summed E-state index contributed by atoms with van der Waals surface area (Å²) in [6, 6.07) is 4.11. The van der Waals surface area contributed by atoms with E-state index in [0.29, 0.717) is 0 Å². The van der Waals surface area contributed by atoms with Gasteiger partial charge in [0.1, 0.15) is 17.7 Å². The van der Waals surface area contributed by atoms with Crippen LogP contribution in [0, 0.1) is 28.6 Å².